The summed E-state index contributed by atoms with van der Waals surface area (Å²) >= 11 is 0. The van der Waals surface area contributed by atoms with Gasteiger partial charge in [-0.15, -0.1) is 0 Å². The van der Waals surface area contributed by atoms with Gasteiger partial charge >= 0.3 is 0 Å². The minimum Gasteiger partial charge on any atom is -0.349 e. The molecule has 0 heterocycles. The molecule has 4 rings (SSSR count). The van der Waals surface area contributed by atoms with E-state index in [2.05, 4.69) is 29.6 Å². The molecular weight excluding hydrogens is 406 g/mol. The van der Waals surface area contributed by atoms with Crippen molar-refractivity contribution in [3.63, 3.8) is 0 Å². The molecule has 0 saturated heterocycles. The third kappa shape index (κ3) is 5.42. The maximum atomic E-state index is 12.7. The van der Waals surface area contributed by atoms with Crippen LogP contribution >= 0.6 is 0 Å². The van der Waals surface area contributed by atoms with Crippen molar-refractivity contribution in [2.75, 3.05) is 0 Å². The number of carbonyl (C=O) groups is 1. The molecule has 160 valence electrons. The molecule has 0 atom stereocenters. The van der Waals surface area contributed by atoms with Crippen LogP contribution in [0.1, 0.15) is 53.1 Å². The van der Waals surface area contributed by atoms with Crippen LogP contribution in [0.3, 0.4) is 0 Å². The smallest absolute Gasteiger partial charge is 0.251 e. The normalized spacial score (nSPS) is 19.0. The van der Waals surface area contributed by atoms with Crippen LogP contribution in [0, 0.1) is 0 Å². The van der Waals surface area contributed by atoms with Gasteiger partial charge in [-0.3, -0.25) is 4.79 Å². The summed E-state index contributed by atoms with van der Waals surface area (Å²) in [5.74, 6) is 0.392. The van der Waals surface area contributed by atoms with Crippen LogP contribution in [0.25, 0.3) is 0 Å². The molecule has 0 bridgehead atoms. The molecule has 0 unspecified atom stereocenters. The van der Waals surface area contributed by atoms with Crippen molar-refractivity contribution in [1.82, 2.24) is 5.32 Å². The SMILES string of the molecule is O=C(NC1CCC(c2ccccc2)CC1)c1ccc(CS(=O)(=O)c2ccccc2)cc1. The van der Waals surface area contributed by atoms with Crippen LogP contribution in [-0.2, 0) is 15.6 Å². The Kier molecular flexibility index (Phi) is 6.52. The Hall–Kier alpha value is -2.92. The zero-order valence-corrected chi connectivity index (χ0v) is 18.2. The maximum absolute atomic E-state index is 12.7. The summed E-state index contributed by atoms with van der Waals surface area (Å²) in [6.45, 7) is 0. The molecule has 0 aromatic heterocycles. The lowest BCUT2D eigenvalue weighted by atomic mass is 9.82. The van der Waals surface area contributed by atoms with Crippen molar-refractivity contribution in [3.05, 3.63) is 102 Å². The number of amides is 1. The van der Waals surface area contributed by atoms with Gasteiger partial charge in [-0.1, -0.05) is 60.7 Å². The van der Waals surface area contributed by atoms with E-state index in [9.17, 15) is 13.2 Å². The molecule has 31 heavy (non-hydrogen) atoms. The molecule has 1 aliphatic rings. The zero-order chi connectivity index (χ0) is 21.7. The topological polar surface area (TPSA) is 63.2 Å². The van der Waals surface area contributed by atoms with Gasteiger partial charge in [0.05, 0.1) is 10.6 Å². The largest absolute Gasteiger partial charge is 0.349 e. The Labute approximate surface area is 184 Å². The fourth-order valence-electron chi connectivity index (χ4n) is 4.25. The fourth-order valence-corrected chi connectivity index (χ4v) is 5.62. The standard InChI is InChI=1S/C26H27NO3S/c28-26(27-24-17-15-22(16-18-24)21-7-3-1-4-8-21)23-13-11-20(12-14-23)19-31(29,30)25-9-5-2-6-10-25/h1-14,22,24H,15-19H2,(H,27,28). The first-order valence-electron chi connectivity index (χ1n) is 10.7. The fraction of sp³-hybridized carbons (Fsp3) is 0.269. The minimum absolute atomic E-state index is 0.0809. The molecule has 4 nitrogen and oxygen atoms in total. The summed E-state index contributed by atoms with van der Waals surface area (Å²) in [5, 5.41) is 3.14. The lowest BCUT2D eigenvalue weighted by Gasteiger charge is -2.29. The number of nitrogens with one attached hydrogen (secondary N) is 1. The predicted octanol–water partition coefficient (Wildman–Crippen LogP) is 5.12. The van der Waals surface area contributed by atoms with Gasteiger partial charge in [0.2, 0.25) is 0 Å². The van der Waals surface area contributed by atoms with Gasteiger partial charge in [-0.05, 0) is 67.0 Å². The monoisotopic (exact) mass is 433 g/mol. The van der Waals surface area contributed by atoms with E-state index in [0.717, 1.165) is 25.7 Å². The average Bonchev–Trinajstić information content (AvgIpc) is 2.81. The second-order valence-corrected chi connectivity index (χ2v) is 10.2. The van der Waals surface area contributed by atoms with Gasteiger partial charge in [0.15, 0.2) is 9.84 Å². The van der Waals surface area contributed by atoms with Crippen molar-refractivity contribution >= 4 is 15.7 Å². The molecule has 5 heteroatoms. The van der Waals surface area contributed by atoms with E-state index >= 15 is 0 Å². The quantitative estimate of drug-likeness (QED) is 0.587. The first-order chi connectivity index (χ1) is 15.0. The zero-order valence-electron chi connectivity index (χ0n) is 17.4. The molecule has 3 aromatic rings. The Balaban J connectivity index is 1.32. The Morgan fingerprint density at radius 2 is 1.35 bits per heavy atom. The molecule has 0 radical (unpaired) electrons. The summed E-state index contributed by atoms with van der Waals surface area (Å²) < 4.78 is 25.1. The minimum atomic E-state index is -3.40. The van der Waals surface area contributed by atoms with E-state index in [0.29, 0.717) is 21.9 Å². The summed E-state index contributed by atoms with van der Waals surface area (Å²) in [7, 11) is -3.40. The number of sulfone groups is 1. The highest BCUT2D eigenvalue weighted by Gasteiger charge is 2.24. The summed E-state index contributed by atoms with van der Waals surface area (Å²) in [6, 6.07) is 26.0. The van der Waals surface area contributed by atoms with E-state index in [1.54, 1.807) is 54.6 Å². The molecule has 0 aliphatic heterocycles. The van der Waals surface area contributed by atoms with Gasteiger partial charge in [0, 0.05) is 11.6 Å². The summed E-state index contributed by atoms with van der Waals surface area (Å²) in [5.41, 5.74) is 2.61. The van der Waals surface area contributed by atoms with Crippen LogP contribution in [0.15, 0.2) is 89.8 Å². The molecular formula is C26H27NO3S. The molecule has 3 aromatic carbocycles. The number of hydrogen-bond donors (Lipinski definition) is 1. The Morgan fingerprint density at radius 1 is 0.774 bits per heavy atom. The molecule has 1 fully saturated rings. The van der Waals surface area contributed by atoms with Crippen molar-refractivity contribution in [2.24, 2.45) is 0 Å². The van der Waals surface area contributed by atoms with Crippen molar-refractivity contribution in [3.8, 4) is 0 Å². The van der Waals surface area contributed by atoms with Gasteiger partial charge in [-0.25, -0.2) is 8.42 Å². The number of benzene rings is 3. The van der Waals surface area contributed by atoms with E-state index in [4.69, 9.17) is 0 Å². The highest BCUT2D eigenvalue weighted by molar-refractivity contribution is 7.90. The lowest BCUT2D eigenvalue weighted by molar-refractivity contribution is 0.0926. The van der Waals surface area contributed by atoms with Crippen LogP contribution in [-0.4, -0.2) is 20.4 Å². The second-order valence-electron chi connectivity index (χ2n) is 8.20. The van der Waals surface area contributed by atoms with E-state index in [1.807, 2.05) is 6.07 Å². The maximum Gasteiger partial charge on any atom is 0.251 e. The first kappa shape index (κ1) is 21.3. The van der Waals surface area contributed by atoms with E-state index in [-0.39, 0.29) is 17.7 Å². The van der Waals surface area contributed by atoms with Crippen LogP contribution in [0.2, 0.25) is 0 Å². The highest BCUT2D eigenvalue weighted by Crippen LogP contribution is 2.32. The molecule has 1 amide bonds. The Morgan fingerprint density at radius 3 is 1.97 bits per heavy atom. The highest BCUT2D eigenvalue weighted by atomic mass is 32.2. The van der Waals surface area contributed by atoms with Crippen molar-refractivity contribution in [1.29, 1.82) is 0 Å². The van der Waals surface area contributed by atoms with E-state index < -0.39 is 9.84 Å². The van der Waals surface area contributed by atoms with Crippen LogP contribution in [0.5, 0.6) is 0 Å². The average molecular weight is 434 g/mol. The summed E-state index contributed by atoms with van der Waals surface area (Å²) in [6.07, 6.45) is 4.09. The van der Waals surface area contributed by atoms with Crippen LogP contribution in [0.4, 0.5) is 0 Å². The van der Waals surface area contributed by atoms with E-state index in [1.165, 1.54) is 5.56 Å². The van der Waals surface area contributed by atoms with Crippen molar-refractivity contribution < 1.29 is 13.2 Å². The number of carbonyl (C=O) groups excluding carboxylic acids is 1. The molecule has 1 aliphatic carbocycles. The van der Waals surface area contributed by atoms with Gasteiger partial charge < -0.3 is 5.32 Å². The molecule has 1 saturated carbocycles. The molecule has 1 N–H and O–H groups in total. The summed E-state index contributed by atoms with van der Waals surface area (Å²) in [4.78, 5) is 13.0. The predicted molar refractivity (Wildman–Crippen MR) is 123 cm³/mol. The van der Waals surface area contributed by atoms with Crippen LogP contribution < -0.4 is 5.32 Å². The Bertz CT molecular complexity index is 1100. The molecule has 0 spiro atoms. The van der Waals surface area contributed by atoms with Gasteiger partial charge in [-0.2, -0.15) is 0 Å². The number of rotatable bonds is 6. The lowest BCUT2D eigenvalue weighted by Crippen LogP contribution is -2.37. The number of hydrogen-bond acceptors (Lipinski definition) is 3. The first-order valence-corrected chi connectivity index (χ1v) is 12.4. The third-order valence-electron chi connectivity index (χ3n) is 6.01. The second kappa shape index (κ2) is 9.48. The van der Waals surface area contributed by atoms with Gasteiger partial charge in [0.1, 0.15) is 0 Å². The third-order valence-corrected chi connectivity index (χ3v) is 7.71. The van der Waals surface area contributed by atoms with Gasteiger partial charge in [0.25, 0.3) is 5.91 Å². The van der Waals surface area contributed by atoms with Crippen molar-refractivity contribution in [2.45, 2.75) is 48.3 Å².